The molecule has 1 aliphatic carbocycles. The third kappa shape index (κ3) is 4.46. The molecule has 1 saturated carbocycles. The Labute approximate surface area is 156 Å². The van der Waals surface area contributed by atoms with Gasteiger partial charge in [0.2, 0.25) is 0 Å². The van der Waals surface area contributed by atoms with Crippen molar-refractivity contribution in [1.29, 1.82) is 0 Å². The zero-order chi connectivity index (χ0) is 19.2. The van der Waals surface area contributed by atoms with Gasteiger partial charge in [-0.3, -0.25) is 25.7 Å². The monoisotopic (exact) mass is 368 g/mol. The van der Waals surface area contributed by atoms with Gasteiger partial charge in [0.05, 0.1) is 21.6 Å². The van der Waals surface area contributed by atoms with Gasteiger partial charge in [-0.25, -0.2) is 0 Å². The Hall–Kier alpha value is -3.29. The van der Waals surface area contributed by atoms with Crippen LogP contribution < -0.4 is 5.43 Å². The maximum absolute atomic E-state index is 11.3. The summed E-state index contributed by atoms with van der Waals surface area (Å²) in [6, 6.07) is 13.2. The molecule has 0 aromatic heterocycles. The molecule has 140 valence electrons. The number of anilines is 1. The van der Waals surface area contributed by atoms with E-state index in [-0.39, 0.29) is 23.0 Å². The molecule has 8 heteroatoms. The van der Waals surface area contributed by atoms with Gasteiger partial charge >= 0.3 is 5.69 Å². The molecule has 0 aliphatic heterocycles. The molecule has 0 spiro atoms. The van der Waals surface area contributed by atoms with Crippen LogP contribution in [0.5, 0.6) is 0 Å². The van der Waals surface area contributed by atoms with Gasteiger partial charge in [-0.1, -0.05) is 49.6 Å². The van der Waals surface area contributed by atoms with Gasteiger partial charge in [-0.2, -0.15) is 5.10 Å². The first kappa shape index (κ1) is 18.5. The molecule has 1 aliphatic rings. The van der Waals surface area contributed by atoms with Crippen LogP contribution in [0.3, 0.4) is 0 Å². The second kappa shape index (κ2) is 8.39. The predicted molar refractivity (Wildman–Crippen MR) is 103 cm³/mol. The van der Waals surface area contributed by atoms with Crippen LogP contribution in [-0.4, -0.2) is 15.6 Å². The molecule has 27 heavy (non-hydrogen) atoms. The van der Waals surface area contributed by atoms with E-state index >= 15 is 0 Å². The molecule has 0 amide bonds. The highest BCUT2D eigenvalue weighted by Crippen LogP contribution is 2.31. The van der Waals surface area contributed by atoms with Gasteiger partial charge in [0.25, 0.3) is 5.69 Å². The molecule has 0 saturated heterocycles. The van der Waals surface area contributed by atoms with Crippen molar-refractivity contribution in [2.24, 2.45) is 11.0 Å². The average molecular weight is 368 g/mol. The van der Waals surface area contributed by atoms with Gasteiger partial charge < -0.3 is 0 Å². The molecule has 8 nitrogen and oxygen atoms in total. The second-order valence-electron chi connectivity index (χ2n) is 6.53. The number of hydrogen-bond donors (Lipinski definition) is 1. The number of nitro groups is 2. The Morgan fingerprint density at radius 1 is 0.963 bits per heavy atom. The van der Waals surface area contributed by atoms with E-state index in [0.717, 1.165) is 43.0 Å². The van der Waals surface area contributed by atoms with Crippen LogP contribution >= 0.6 is 0 Å². The third-order valence-electron chi connectivity index (χ3n) is 4.75. The maximum atomic E-state index is 11.3. The van der Waals surface area contributed by atoms with Gasteiger partial charge in [0, 0.05) is 12.0 Å². The summed E-state index contributed by atoms with van der Waals surface area (Å²) in [5.41, 5.74) is 4.05. The largest absolute Gasteiger partial charge is 0.301 e. The van der Waals surface area contributed by atoms with E-state index in [0.29, 0.717) is 0 Å². The fourth-order valence-electron chi connectivity index (χ4n) is 3.38. The highest BCUT2D eigenvalue weighted by Gasteiger charge is 2.23. The van der Waals surface area contributed by atoms with Crippen LogP contribution in [0.1, 0.15) is 37.7 Å². The lowest BCUT2D eigenvalue weighted by Gasteiger charge is -2.23. The van der Waals surface area contributed by atoms with Gasteiger partial charge in [-0.15, -0.1) is 0 Å². The molecule has 0 bridgehead atoms. The van der Waals surface area contributed by atoms with Crippen LogP contribution in [0.2, 0.25) is 0 Å². The molecule has 0 radical (unpaired) electrons. The lowest BCUT2D eigenvalue weighted by molar-refractivity contribution is -0.393. The topological polar surface area (TPSA) is 111 Å². The van der Waals surface area contributed by atoms with Crippen molar-refractivity contribution in [2.75, 3.05) is 5.43 Å². The third-order valence-corrected chi connectivity index (χ3v) is 4.75. The van der Waals surface area contributed by atoms with E-state index in [9.17, 15) is 20.2 Å². The first-order valence-electron chi connectivity index (χ1n) is 8.88. The minimum Gasteiger partial charge on any atom is -0.271 e. The van der Waals surface area contributed by atoms with E-state index in [1.165, 1.54) is 18.6 Å². The molecule has 1 fully saturated rings. The summed E-state index contributed by atoms with van der Waals surface area (Å²) in [7, 11) is 0. The molecule has 1 N–H and O–H groups in total. The van der Waals surface area contributed by atoms with Crippen LogP contribution in [0.4, 0.5) is 17.1 Å². The van der Waals surface area contributed by atoms with Crippen molar-refractivity contribution in [1.82, 2.24) is 0 Å². The average Bonchev–Trinajstić information content (AvgIpc) is 2.69. The number of non-ortho nitro benzene ring substituents is 1. The number of nitrogens with one attached hydrogen (secondary N) is 1. The van der Waals surface area contributed by atoms with Crippen molar-refractivity contribution in [3.63, 3.8) is 0 Å². The zero-order valence-corrected chi connectivity index (χ0v) is 14.7. The summed E-state index contributed by atoms with van der Waals surface area (Å²) >= 11 is 0. The quantitative estimate of drug-likeness (QED) is 0.443. The van der Waals surface area contributed by atoms with E-state index < -0.39 is 9.85 Å². The summed E-state index contributed by atoms with van der Waals surface area (Å²) in [5.74, 6) is 0.283. The maximum Gasteiger partial charge on any atom is 0.301 e. The van der Waals surface area contributed by atoms with Crippen molar-refractivity contribution in [2.45, 2.75) is 32.1 Å². The van der Waals surface area contributed by atoms with Gasteiger partial charge in [-0.05, 0) is 24.5 Å². The van der Waals surface area contributed by atoms with Crippen molar-refractivity contribution < 1.29 is 9.85 Å². The number of nitro benzene ring substituents is 2. The Morgan fingerprint density at radius 3 is 2.30 bits per heavy atom. The Morgan fingerprint density at radius 2 is 1.67 bits per heavy atom. The highest BCUT2D eigenvalue weighted by atomic mass is 16.6. The summed E-state index contributed by atoms with van der Waals surface area (Å²) in [5, 5.41) is 26.7. The molecule has 2 aromatic rings. The van der Waals surface area contributed by atoms with Crippen molar-refractivity contribution >= 4 is 22.8 Å². The SMILES string of the molecule is O=[N+]([O-])c1ccc(N/N=C(\c2ccccc2)C2CCCCC2)c([N+](=O)[O-])c1. The number of nitrogens with zero attached hydrogens (tertiary/aromatic N) is 3. The first-order valence-corrected chi connectivity index (χ1v) is 8.88. The smallest absolute Gasteiger partial charge is 0.271 e. The number of rotatable bonds is 6. The first-order chi connectivity index (χ1) is 13.1. The number of hydrogen-bond acceptors (Lipinski definition) is 6. The van der Waals surface area contributed by atoms with Crippen LogP contribution in [0, 0.1) is 26.1 Å². The Kier molecular flexibility index (Phi) is 5.75. The molecular formula is C19H20N4O4. The molecule has 0 atom stereocenters. The summed E-state index contributed by atoms with van der Waals surface area (Å²) in [4.78, 5) is 20.9. The number of benzene rings is 2. The van der Waals surface area contributed by atoms with Crippen molar-refractivity contribution in [3.05, 3.63) is 74.3 Å². The Balaban J connectivity index is 1.94. The normalized spacial score (nSPS) is 15.3. The number of hydrazone groups is 1. The van der Waals surface area contributed by atoms with E-state index in [1.54, 1.807) is 0 Å². The summed E-state index contributed by atoms with van der Waals surface area (Å²) in [6.45, 7) is 0. The van der Waals surface area contributed by atoms with Crippen LogP contribution in [0.15, 0.2) is 53.6 Å². The van der Waals surface area contributed by atoms with Crippen LogP contribution in [-0.2, 0) is 0 Å². The van der Waals surface area contributed by atoms with Gasteiger partial charge in [0.15, 0.2) is 0 Å². The zero-order valence-electron chi connectivity index (χ0n) is 14.7. The second-order valence-corrected chi connectivity index (χ2v) is 6.53. The molecule has 3 rings (SSSR count). The molecule has 0 heterocycles. The van der Waals surface area contributed by atoms with E-state index in [2.05, 4.69) is 10.5 Å². The summed E-state index contributed by atoms with van der Waals surface area (Å²) in [6.07, 6.45) is 5.53. The van der Waals surface area contributed by atoms with E-state index in [4.69, 9.17) is 0 Å². The van der Waals surface area contributed by atoms with Gasteiger partial charge in [0.1, 0.15) is 5.69 Å². The fourth-order valence-corrected chi connectivity index (χ4v) is 3.38. The predicted octanol–water partition coefficient (Wildman–Crippen LogP) is 4.90. The van der Waals surface area contributed by atoms with Crippen LogP contribution in [0.25, 0.3) is 0 Å². The molecule has 2 aromatic carbocycles. The minimum absolute atomic E-state index is 0.134. The van der Waals surface area contributed by atoms with Crippen molar-refractivity contribution in [3.8, 4) is 0 Å². The van der Waals surface area contributed by atoms with E-state index in [1.807, 2.05) is 30.3 Å². The minimum atomic E-state index is -0.655. The standard InChI is InChI=1S/C19H20N4O4/c24-22(25)16-11-12-17(18(13-16)23(26)27)20-21-19(14-7-3-1-4-8-14)15-9-5-2-6-10-15/h1,3-4,7-8,11-13,15,20H,2,5-6,9-10H2/b21-19+. The fraction of sp³-hybridized carbons (Fsp3) is 0.316. The lowest BCUT2D eigenvalue weighted by Crippen LogP contribution is -2.20. The summed E-state index contributed by atoms with van der Waals surface area (Å²) < 4.78 is 0. The molecular weight excluding hydrogens is 348 g/mol. The molecule has 0 unspecified atom stereocenters. The lowest BCUT2D eigenvalue weighted by atomic mass is 9.83. The highest BCUT2D eigenvalue weighted by molar-refractivity contribution is 6.02. The Bertz CT molecular complexity index is 861.